The molecule has 0 saturated heterocycles. The van der Waals surface area contributed by atoms with Crippen molar-refractivity contribution < 1.29 is 14.3 Å². The maximum atomic E-state index is 14.0. The van der Waals surface area contributed by atoms with Crippen LogP contribution in [0.1, 0.15) is 36.5 Å². The molecule has 0 unspecified atom stereocenters. The summed E-state index contributed by atoms with van der Waals surface area (Å²) < 4.78 is 14.8. The predicted octanol–water partition coefficient (Wildman–Crippen LogP) is 4.59. The maximum Gasteiger partial charge on any atom is 0.275 e. The van der Waals surface area contributed by atoms with Crippen LogP contribution in [-0.2, 0) is 24.3 Å². The lowest BCUT2D eigenvalue weighted by atomic mass is 10.1. The molecule has 3 aromatic carbocycles. The molecule has 2 aromatic heterocycles. The molecule has 5 aromatic rings. The van der Waals surface area contributed by atoms with Gasteiger partial charge in [-0.3, -0.25) is 9.59 Å². The predicted molar refractivity (Wildman–Crippen MR) is 163 cm³/mol. The molecule has 0 spiro atoms. The number of benzene rings is 3. The van der Waals surface area contributed by atoms with E-state index < -0.39 is 6.04 Å². The number of aryl methyl sites for hydroxylation is 2. The third kappa shape index (κ3) is 5.73. The fourth-order valence-corrected chi connectivity index (χ4v) is 5.63. The number of hydrogen-bond donors (Lipinski definition) is 0. The summed E-state index contributed by atoms with van der Waals surface area (Å²) in [6.07, 6.45) is 1.42. The van der Waals surface area contributed by atoms with Gasteiger partial charge in [0.25, 0.3) is 5.56 Å². The molecule has 220 valence electrons. The van der Waals surface area contributed by atoms with Crippen molar-refractivity contribution in [2.75, 3.05) is 20.3 Å². The minimum atomic E-state index is -0.423. The molecule has 1 aliphatic rings. The van der Waals surface area contributed by atoms with Crippen molar-refractivity contribution in [3.05, 3.63) is 100 Å². The van der Waals surface area contributed by atoms with E-state index in [2.05, 4.69) is 5.10 Å². The Labute approximate surface area is 249 Å². The van der Waals surface area contributed by atoms with E-state index in [1.807, 2.05) is 85.3 Å². The molecule has 43 heavy (non-hydrogen) atoms. The SMILES string of the molecule is COc1ccc2cc1OCCn1nc(-c3ccccc3)nc1[C@@H](C)N(C(=O)Cn1nc(C)c3ccccc3c1=O)CCC2. The van der Waals surface area contributed by atoms with Gasteiger partial charge in [0.15, 0.2) is 17.3 Å². The van der Waals surface area contributed by atoms with E-state index in [0.717, 1.165) is 22.9 Å². The van der Waals surface area contributed by atoms with Crippen LogP contribution in [0.2, 0.25) is 0 Å². The molecule has 1 amide bonds. The fraction of sp³-hybridized carbons (Fsp3) is 0.303. The first kappa shape index (κ1) is 28.1. The number of methoxy groups -OCH3 is 1. The van der Waals surface area contributed by atoms with Gasteiger partial charge < -0.3 is 14.4 Å². The molecular formula is C33H34N6O4. The molecule has 1 atom stereocenters. The van der Waals surface area contributed by atoms with Crippen molar-refractivity contribution in [2.24, 2.45) is 0 Å². The number of rotatable bonds is 4. The van der Waals surface area contributed by atoms with Crippen molar-refractivity contribution >= 4 is 16.7 Å². The molecule has 0 saturated carbocycles. The van der Waals surface area contributed by atoms with Crippen LogP contribution >= 0.6 is 0 Å². The monoisotopic (exact) mass is 578 g/mol. The number of hydrogen-bond acceptors (Lipinski definition) is 7. The summed E-state index contributed by atoms with van der Waals surface area (Å²) in [5.74, 6) is 2.33. The molecule has 1 aliphatic heterocycles. The Morgan fingerprint density at radius 1 is 1.00 bits per heavy atom. The molecule has 0 fully saturated rings. The zero-order chi connectivity index (χ0) is 29.9. The minimum Gasteiger partial charge on any atom is -0.493 e. The van der Waals surface area contributed by atoms with Crippen molar-refractivity contribution in [3.63, 3.8) is 0 Å². The van der Waals surface area contributed by atoms with Gasteiger partial charge in [0, 0.05) is 17.5 Å². The summed E-state index contributed by atoms with van der Waals surface area (Å²) in [6.45, 7) is 4.84. The Morgan fingerprint density at radius 2 is 1.77 bits per heavy atom. The van der Waals surface area contributed by atoms with Crippen LogP contribution in [0.3, 0.4) is 0 Å². The van der Waals surface area contributed by atoms with Gasteiger partial charge in [-0.1, -0.05) is 54.6 Å². The second-order valence-electron chi connectivity index (χ2n) is 10.7. The van der Waals surface area contributed by atoms with Crippen LogP contribution in [0.25, 0.3) is 22.2 Å². The lowest BCUT2D eigenvalue weighted by molar-refractivity contribution is -0.134. The average Bonchev–Trinajstić information content (AvgIpc) is 3.46. The molecule has 0 N–H and O–H groups in total. The van der Waals surface area contributed by atoms with Gasteiger partial charge in [0.1, 0.15) is 19.0 Å². The number of aromatic nitrogens is 5. The Hall–Kier alpha value is -4.99. The standard InChI is InChI=1S/C33H34N6O4/c1-22-26-13-7-8-14-27(26)33(41)39(35-22)21-30(40)37-17-9-10-24-15-16-28(42-3)29(20-24)43-19-18-38-32(23(37)2)34-31(36-38)25-11-5-4-6-12-25/h4-8,11-16,20,23H,9-10,17-19,21H2,1-3H3/t23-/m1/s1. The minimum absolute atomic E-state index is 0.176. The summed E-state index contributed by atoms with van der Waals surface area (Å²) in [4.78, 5) is 34.1. The van der Waals surface area contributed by atoms with Crippen LogP contribution < -0.4 is 15.0 Å². The fourth-order valence-electron chi connectivity index (χ4n) is 5.63. The second-order valence-corrected chi connectivity index (χ2v) is 10.7. The van der Waals surface area contributed by atoms with E-state index in [4.69, 9.17) is 19.6 Å². The van der Waals surface area contributed by atoms with E-state index in [-0.39, 0.29) is 18.0 Å². The number of fused-ring (bicyclic) bond motifs is 4. The number of carbonyl (C=O) groups excluding carboxylic acids is 1. The van der Waals surface area contributed by atoms with Crippen LogP contribution in [0.4, 0.5) is 0 Å². The highest BCUT2D eigenvalue weighted by Gasteiger charge is 2.28. The van der Waals surface area contributed by atoms with Crippen LogP contribution in [0, 0.1) is 6.92 Å². The number of amides is 1. The summed E-state index contributed by atoms with van der Waals surface area (Å²) in [6, 6.07) is 22.6. The molecule has 10 nitrogen and oxygen atoms in total. The van der Waals surface area contributed by atoms with E-state index in [1.54, 1.807) is 18.1 Å². The van der Waals surface area contributed by atoms with Crippen LogP contribution in [0.15, 0.2) is 77.6 Å². The molecular weight excluding hydrogens is 544 g/mol. The van der Waals surface area contributed by atoms with Crippen LogP contribution in [-0.4, -0.2) is 55.6 Å². The summed E-state index contributed by atoms with van der Waals surface area (Å²) >= 11 is 0. The van der Waals surface area contributed by atoms with E-state index in [9.17, 15) is 9.59 Å². The number of carbonyl (C=O) groups is 1. The molecule has 6 rings (SSSR count). The first-order chi connectivity index (χ1) is 20.9. The van der Waals surface area contributed by atoms with Gasteiger partial charge >= 0.3 is 0 Å². The smallest absolute Gasteiger partial charge is 0.275 e. The third-order valence-electron chi connectivity index (χ3n) is 7.88. The molecule has 3 heterocycles. The highest BCUT2D eigenvalue weighted by Crippen LogP contribution is 2.30. The Balaban J connectivity index is 1.38. The number of ether oxygens (including phenoxy) is 2. The zero-order valence-corrected chi connectivity index (χ0v) is 24.6. The van der Waals surface area contributed by atoms with Crippen LogP contribution in [0.5, 0.6) is 11.5 Å². The first-order valence-corrected chi connectivity index (χ1v) is 14.5. The van der Waals surface area contributed by atoms with E-state index in [0.29, 0.717) is 60.3 Å². The summed E-state index contributed by atoms with van der Waals surface area (Å²) in [5.41, 5.74) is 2.38. The van der Waals surface area contributed by atoms with Crippen molar-refractivity contribution in [3.8, 4) is 22.9 Å². The molecule has 10 heteroatoms. The summed E-state index contributed by atoms with van der Waals surface area (Å²) in [7, 11) is 1.63. The average molecular weight is 579 g/mol. The Kier molecular flexibility index (Phi) is 7.91. The van der Waals surface area contributed by atoms with Gasteiger partial charge in [0.05, 0.1) is 30.8 Å². The molecule has 0 aliphatic carbocycles. The Morgan fingerprint density at radius 3 is 2.56 bits per heavy atom. The van der Waals surface area contributed by atoms with E-state index in [1.165, 1.54) is 4.68 Å². The first-order valence-electron chi connectivity index (χ1n) is 14.5. The Bertz CT molecular complexity index is 1830. The summed E-state index contributed by atoms with van der Waals surface area (Å²) in [5, 5.41) is 10.6. The lowest BCUT2D eigenvalue weighted by Gasteiger charge is -2.29. The van der Waals surface area contributed by atoms with Gasteiger partial charge in [-0.05, 0) is 50.5 Å². The quantitative estimate of drug-likeness (QED) is 0.307. The highest BCUT2D eigenvalue weighted by atomic mass is 16.5. The maximum absolute atomic E-state index is 14.0. The van der Waals surface area contributed by atoms with Crippen molar-refractivity contribution in [2.45, 2.75) is 45.8 Å². The second kappa shape index (κ2) is 12.1. The van der Waals surface area contributed by atoms with Crippen molar-refractivity contribution in [1.29, 1.82) is 0 Å². The number of nitrogens with zero attached hydrogens (tertiary/aromatic N) is 6. The zero-order valence-electron chi connectivity index (χ0n) is 24.6. The van der Waals surface area contributed by atoms with Crippen molar-refractivity contribution in [1.82, 2.24) is 29.4 Å². The lowest BCUT2D eigenvalue weighted by Crippen LogP contribution is -2.40. The highest BCUT2D eigenvalue weighted by molar-refractivity contribution is 5.83. The van der Waals surface area contributed by atoms with E-state index >= 15 is 0 Å². The third-order valence-corrected chi connectivity index (χ3v) is 7.88. The topological polar surface area (TPSA) is 104 Å². The van der Waals surface area contributed by atoms with Gasteiger partial charge in [-0.2, -0.15) is 10.2 Å². The largest absolute Gasteiger partial charge is 0.493 e. The normalized spacial score (nSPS) is 15.5. The van der Waals surface area contributed by atoms with Gasteiger partial charge in [-0.25, -0.2) is 14.3 Å². The molecule has 2 bridgehead atoms. The van der Waals surface area contributed by atoms with Gasteiger partial charge in [-0.15, -0.1) is 0 Å². The molecule has 0 radical (unpaired) electrons. The van der Waals surface area contributed by atoms with Gasteiger partial charge in [0.2, 0.25) is 5.91 Å².